The Balaban J connectivity index is 1.75. The normalized spacial score (nSPS) is 26.1. The molecule has 4 nitrogen and oxygen atoms in total. The highest BCUT2D eigenvalue weighted by atomic mass is 32.2. The number of piperidine rings is 1. The zero-order chi connectivity index (χ0) is 14.9. The molecule has 5 heteroatoms. The maximum atomic E-state index is 12.0. The van der Waals surface area contributed by atoms with Gasteiger partial charge in [0.1, 0.15) is 0 Å². The van der Waals surface area contributed by atoms with E-state index < -0.39 is 10.0 Å². The summed E-state index contributed by atoms with van der Waals surface area (Å²) < 4.78 is 26.9. The summed E-state index contributed by atoms with van der Waals surface area (Å²) in [6, 6.07) is 9.05. The Labute approximate surface area is 127 Å². The van der Waals surface area contributed by atoms with Crippen molar-refractivity contribution in [2.75, 3.05) is 18.8 Å². The van der Waals surface area contributed by atoms with E-state index in [9.17, 15) is 8.42 Å². The third-order valence-corrected chi connectivity index (χ3v) is 6.25. The maximum absolute atomic E-state index is 12.0. The smallest absolute Gasteiger partial charge is 0.211 e. The molecule has 0 saturated carbocycles. The van der Waals surface area contributed by atoms with Crippen LogP contribution in [0.1, 0.15) is 43.4 Å². The van der Waals surface area contributed by atoms with Crippen LogP contribution in [0, 0.1) is 0 Å². The molecule has 1 saturated heterocycles. The lowest BCUT2D eigenvalue weighted by atomic mass is 9.85. The molecule has 2 atom stereocenters. The van der Waals surface area contributed by atoms with Crippen molar-refractivity contribution in [1.82, 2.24) is 9.62 Å². The zero-order valence-electron chi connectivity index (χ0n) is 12.6. The Hall–Kier alpha value is -0.910. The molecule has 2 heterocycles. The Bertz CT molecular complexity index is 600. The highest BCUT2D eigenvalue weighted by Crippen LogP contribution is 2.36. The van der Waals surface area contributed by atoms with Gasteiger partial charge in [0, 0.05) is 25.2 Å². The van der Waals surface area contributed by atoms with Gasteiger partial charge in [0.2, 0.25) is 10.0 Å². The Morgan fingerprint density at radius 3 is 2.90 bits per heavy atom. The van der Waals surface area contributed by atoms with Gasteiger partial charge in [-0.25, -0.2) is 13.1 Å². The third-order valence-electron chi connectivity index (χ3n) is 4.61. The van der Waals surface area contributed by atoms with E-state index in [1.165, 1.54) is 11.1 Å². The standard InChI is InChI=1S/C16H24N2O2S/c1-2-11-21(19,20)17-14-8-10-18-9-7-13-5-3-4-6-15(13)16(18)12-14/h3-6,14,16-17H,2,7-12H2,1H3. The molecule has 3 rings (SSSR count). The highest BCUT2D eigenvalue weighted by molar-refractivity contribution is 7.89. The first-order valence-corrected chi connectivity index (χ1v) is 9.56. The average Bonchev–Trinajstić information content (AvgIpc) is 2.46. The lowest BCUT2D eigenvalue weighted by Crippen LogP contribution is -2.48. The minimum absolute atomic E-state index is 0.0777. The van der Waals surface area contributed by atoms with Crippen LogP contribution in [0.5, 0.6) is 0 Å². The first-order chi connectivity index (χ1) is 10.1. The van der Waals surface area contributed by atoms with Crippen LogP contribution in [-0.2, 0) is 16.4 Å². The first kappa shape index (κ1) is 15.0. The molecule has 116 valence electrons. The molecule has 0 spiro atoms. The summed E-state index contributed by atoms with van der Waals surface area (Å²) in [6.45, 7) is 3.98. The van der Waals surface area contributed by atoms with E-state index in [0.29, 0.717) is 12.5 Å². The molecule has 1 aromatic carbocycles. The van der Waals surface area contributed by atoms with Gasteiger partial charge in [-0.3, -0.25) is 4.90 Å². The summed E-state index contributed by atoms with van der Waals surface area (Å²) in [5.41, 5.74) is 2.82. The van der Waals surface area contributed by atoms with E-state index in [4.69, 9.17) is 0 Å². The SMILES string of the molecule is CCCS(=O)(=O)NC1CCN2CCc3ccccc3C2C1. The van der Waals surface area contributed by atoms with Gasteiger partial charge in [-0.05, 0) is 36.8 Å². The van der Waals surface area contributed by atoms with Crippen molar-refractivity contribution < 1.29 is 8.42 Å². The zero-order valence-corrected chi connectivity index (χ0v) is 13.4. The minimum Gasteiger partial charge on any atom is -0.296 e. The molecule has 2 aliphatic heterocycles. The van der Waals surface area contributed by atoms with Crippen LogP contribution in [-0.4, -0.2) is 38.2 Å². The second-order valence-corrected chi connectivity index (χ2v) is 8.03. The molecule has 21 heavy (non-hydrogen) atoms. The van der Waals surface area contributed by atoms with E-state index in [1.54, 1.807) is 0 Å². The van der Waals surface area contributed by atoms with Gasteiger partial charge in [-0.1, -0.05) is 31.2 Å². The van der Waals surface area contributed by atoms with Gasteiger partial charge in [0.15, 0.2) is 0 Å². The second-order valence-electron chi connectivity index (χ2n) is 6.16. The molecule has 2 unspecified atom stereocenters. The summed E-state index contributed by atoms with van der Waals surface area (Å²) in [5.74, 6) is 0.231. The quantitative estimate of drug-likeness (QED) is 0.926. The van der Waals surface area contributed by atoms with E-state index in [-0.39, 0.29) is 11.8 Å². The van der Waals surface area contributed by atoms with Crippen LogP contribution >= 0.6 is 0 Å². The average molecular weight is 308 g/mol. The first-order valence-electron chi connectivity index (χ1n) is 7.91. The van der Waals surface area contributed by atoms with E-state index in [2.05, 4.69) is 33.9 Å². The molecule has 0 radical (unpaired) electrons. The number of hydrogen-bond acceptors (Lipinski definition) is 3. The van der Waals surface area contributed by atoms with E-state index in [1.807, 2.05) is 6.92 Å². The predicted molar refractivity (Wildman–Crippen MR) is 84.7 cm³/mol. The number of hydrogen-bond donors (Lipinski definition) is 1. The highest BCUT2D eigenvalue weighted by Gasteiger charge is 2.34. The Morgan fingerprint density at radius 2 is 2.10 bits per heavy atom. The molecule has 1 aromatic rings. The van der Waals surface area contributed by atoms with Crippen molar-refractivity contribution in [3.05, 3.63) is 35.4 Å². The van der Waals surface area contributed by atoms with Crippen molar-refractivity contribution in [1.29, 1.82) is 0 Å². The molecular weight excluding hydrogens is 284 g/mol. The van der Waals surface area contributed by atoms with E-state index in [0.717, 1.165) is 32.4 Å². The molecule has 1 fully saturated rings. The van der Waals surface area contributed by atoms with Gasteiger partial charge in [-0.15, -0.1) is 0 Å². The number of nitrogens with one attached hydrogen (secondary N) is 1. The summed E-state index contributed by atoms with van der Waals surface area (Å²) in [5, 5.41) is 0. The van der Waals surface area contributed by atoms with Gasteiger partial charge < -0.3 is 0 Å². The van der Waals surface area contributed by atoms with Gasteiger partial charge in [-0.2, -0.15) is 0 Å². The summed E-state index contributed by atoms with van der Waals surface area (Å²) in [6.07, 6.45) is 3.58. The maximum Gasteiger partial charge on any atom is 0.211 e. The Morgan fingerprint density at radius 1 is 1.29 bits per heavy atom. The van der Waals surface area contributed by atoms with Crippen molar-refractivity contribution in [2.24, 2.45) is 0 Å². The molecule has 2 aliphatic rings. The second kappa shape index (κ2) is 6.07. The molecule has 0 bridgehead atoms. The predicted octanol–water partition coefficient (Wildman–Crippen LogP) is 2.08. The fraction of sp³-hybridized carbons (Fsp3) is 0.625. The summed E-state index contributed by atoms with van der Waals surface area (Å²) >= 11 is 0. The van der Waals surface area contributed by atoms with Gasteiger partial charge in [0.25, 0.3) is 0 Å². The summed E-state index contributed by atoms with van der Waals surface area (Å²) in [4.78, 5) is 2.51. The van der Waals surface area contributed by atoms with Crippen molar-refractivity contribution in [3.8, 4) is 0 Å². The van der Waals surface area contributed by atoms with Gasteiger partial charge >= 0.3 is 0 Å². The number of benzene rings is 1. The lowest BCUT2D eigenvalue weighted by molar-refractivity contribution is 0.122. The van der Waals surface area contributed by atoms with Crippen LogP contribution in [0.4, 0.5) is 0 Å². The van der Waals surface area contributed by atoms with Crippen molar-refractivity contribution in [3.63, 3.8) is 0 Å². The van der Waals surface area contributed by atoms with Crippen LogP contribution in [0.15, 0.2) is 24.3 Å². The van der Waals surface area contributed by atoms with Crippen LogP contribution < -0.4 is 4.72 Å². The third kappa shape index (κ3) is 3.30. The van der Waals surface area contributed by atoms with Gasteiger partial charge in [0.05, 0.1) is 5.75 Å². The van der Waals surface area contributed by atoms with Crippen LogP contribution in [0.25, 0.3) is 0 Å². The lowest BCUT2D eigenvalue weighted by Gasteiger charge is -2.43. The molecular formula is C16H24N2O2S. The molecule has 1 N–H and O–H groups in total. The molecule has 0 aromatic heterocycles. The largest absolute Gasteiger partial charge is 0.296 e. The summed E-state index contributed by atoms with van der Waals surface area (Å²) in [7, 11) is -3.11. The molecule has 0 aliphatic carbocycles. The van der Waals surface area contributed by atoms with Crippen LogP contribution in [0.3, 0.4) is 0 Å². The van der Waals surface area contributed by atoms with Crippen LogP contribution in [0.2, 0.25) is 0 Å². The van der Waals surface area contributed by atoms with Crippen molar-refractivity contribution in [2.45, 2.75) is 44.7 Å². The molecule has 0 amide bonds. The number of sulfonamides is 1. The van der Waals surface area contributed by atoms with Crippen molar-refractivity contribution >= 4 is 10.0 Å². The Kier molecular flexibility index (Phi) is 4.33. The van der Waals surface area contributed by atoms with E-state index >= 15 is 0 Å². The fourth-order valence-electron chi connectivity index (χ4n) is 3.64. The topological polar surface area (TPSA) is 49.4 Å². The number of rotatable bonds is 4. The number of fused-ring (bicyclic) bond motifs is 3. The monoisotopic (exact) mass is 308 g/mol. The fourth-order valence-corrected chi connectivity index (χ4v) is 5.02. The minimum atomic E-state index is -3.11. The number of nitrogens with zero attached hydrogens (tertiary/aromatic N) is 1.